The first-order valence-corrected chi connectivity index (χ1v) is 7.99. The molecule has 130 valence electrons. The van der Waals surface area contributed by atoms with Crippen molar-refractivity contribution in [3.63, 3.8) is 0 Å². The number of piperidine rings is 1. The van der Waals surface area contributed by atoms with E-state index in [1.54, 1.807) is 0 Å². The van der Waals surface area contributed by atoms with Crippen LogP contribution in [0.3, 0.4) is 0 Å². The van der Waals surface area contributed by atoms with Gasteiger partial charge in [0.1, 0.15) is 0 Å². The Labute approximate surface area is 130 Å². The Morgan fingerprint density at radius 3 is 2.36 bits per heavy atom. The molecule has 1 aliphatic heterocycles. The summed E-state index contributed by atoms with van der Waals surface area (Å²) < 4.78 is 37.3. The number of nitrogens with one attached hydrogen (secondary N) is 1. The lowest BCUT2D eigenvalue weighted by Gasteiger charge is -2.34. The number of likely N-dealkylation sites (tertiary alicyclic amines) is 1. The predicted octanol–water partition coefficient (Wildman–Crippen LogP) is 3.16. The van der Waals surface area contributed by atoms with Gasteiger partial charge in [-0.1, -0.05) is 26.7 Å². The van der Waals surface area contributed by atoms with Crippen molar-refractivity contribution >= 4 is 6.03 Å². The quantitative estimate of drug-likeness (QED) is 0.738. The fourth-order valence-corrected chi connectivity index (χ4v) is 2.67. The number of aliphatic hydroxyl groups is 1. The van der Waals surface area contributed by atoms with Gasteiger partial charge in [0.25, 0.3) is 0 Å². The number of alkyl halides is 3. The Morgan fingerprint density at radius 2 is 1.86 bits per heavy atom. The molecule has 0 aromatic carbocycles. The molecule has 7 heteroatoms. The highest BCUT2D eigenvalue weighted by Gasteiger charge is 2.44. The summed E-state index contributed by atoms with van der Waals surface area (Å²) in [7, 11) is 0. The van der Waals surface area contributed by atoms with Crippen LogP contribution >= 0.6 is 0 Å². The lowest BCUT2D eigenvalue weighted by atomic mass is 9.91. The second-order valence-electron chi connectivity index (χ2n) is 6.43. The van der Waals surface area contributed by atoms with Gasteiger partial charge < -0.3 is 15.3 Å². The number of hydrogen-bond acceptors (Lipinski definition) is 2. The number of urea groups is 1. The van der Waals surface area contributed by atoms with Gasteiger partial charge in [-0.2, -0.15) is 13.2 Å². The molecule has 0 aromatic rings. The smallest absolute Gasteiger partial charge is 0.383 e. The van der Waals surface area contributed by atoms with Crippen molar-refractivity contribution in [3.05, 3.63) is 0 Å². The Kier molecular flexibility index (Phi) is 7.45. The molecule has 2 N–H and O–H groups in total. The first-order valence-electron chi connectivity index (χ1n) is 7.99. The van der Waals surface area contributed by atoms with Gasteiger partial charge in [-0.25, -0.2) is 4.79 Å². The first kappa shape index (κ1) is 19.1. The lowest BCUT2D eigenvalue weighted by molar-refractivity contribution is -0.222. The molecule has 1 unspecified atom stereocenters. The number of hydrogen-bond donors (Lipinski definition) is 2. The molecule has 2 amide bonds. The summed E-state index contributed by atoms with van der Waals surface area (Å²) in [4.78, 5) is 13.4. The van der Waals surface area contributed by atoms with Crippen LogP contribution in [0.5, 0.6) is 0 Å². The summed E-state index contributed by atoms with van der Waals surface area (Å²) in [5.74, 6) is -0.162. The average Bonchev–Trinajstić information content (AvgIpc) is 2.44. The number of amides is 2. The molecule has 1 fully saturated rings. The maximum atomic E-state index is 12.4. The van der Waals surface area contributed by atoms with E-state index in [1.807, 2.05) is 0 Å². The molecule has 1 saturated heterocycles. The molecule has 0 radical (unpaired) electrons. The number of halogens is 3. The normalized spacial score (nSPS) is 18.6. The van der Waals surface area contributed by atoms with Crippen molar-refractivity contribution < 1.29 is 23.1 Å². The molecule has 0 aliphatic carbocycles. The number of unbranched alkanes of at least 4 members (excludes halogenated alkanes) is 1. The minimum absolute atomic E-state index is 0.182. The van der Waals surface area contributed by atoms with Crippen molar-refractivity contribution in [3.8, 4) is 0 Å². The molecule has 22 heavy (non-hydrogen) atoms. The van der Waals surface area contributed by atoms with Crippen LogP contribution in [-0.2, 0) is 0 Å². The van der Waals surface area contributed by atoms with Gasteiger partial charge in [0.2, 0.25) is 0 Å². The Morgan fingerprint density at radius 1 is 1.27 bits per heavy atom. The van der Waals surface area contributed by atoms with Crippen LogP contribution in [0.1, 0.15) is 46.0 Å². The van der Waals surface area contributed by atoms with E-state index in [0.717, 1.165) is 19.3 Å². The van der Waals surface area contributed by atoms with Gasteiger partial charge in [0, 0.05) is 19.6 Å². The van der Waals surface area contributed by atoms with Crippen LogP contribution in [0.2, 0.25) is 0 Å². The SMILES string of the molecule is CC(C)CCCCNC(=O)N1CCC(C(O)C(F)(F)F)CC1. The predicted molar refractivity (Wildman–Crippen MR) is 78.4 cm³/mol. The second kappa shape index (κ2) is 8.60. The van der Waals surface area contributed by atoms with E-state index in [4.69, 9.17) is 0 Å². The molecule has 1 rings (SSSR count). The van der Waals surface area contributed by atoms with Gasteiger partial charge in [0.15, 0.2) is 6.10 Å². The Hall–Kier alpha value is -0.980. The zero-order valence-corrected chi connectivity index (χ0v) is 13.3. The molecular formula is C15H27F3N2O2. The van der Waals surface area contributed by atoms with E-state index in [2.05, 4.69) is 19.2 Å². The van der Waals surface area contributed by atoms with E-state index in [-0.39, 0.29) is 32.0 Å². The largest absolute Gasteiger partial charge is 0.414 e. The molecule has 4 nitrogen and oxygen atoms in total. The van der Waals surface area contributed by atoms with Crippen LogP contribution in [0.4, 0.5) is 18.0 Å². The third kappa shape index (κ3) is 6.42. The lowest BCUT2D eigenvalue weighted by Crippen LogP contribution is -2.48. The van der Waals surface area contributed by atoms with Crippen molar-refractivity contribution in [1.82, 2.24) is 10.2 Å². The van der Waals surface area contributed by atoms with Crippen molar-refractivity contribution in [2.45, 2.75) is 58.2 Å². The average molecular weight is 324 g/mol. The summed E-state index contributed by atoms with van der Waals surface area (Å²) >= 11 is 0. The second-order valence-corrected chi connectivity index (χ2v) is 6.43. The molecule has 0 spiro atoms. The number of carbonyl (C=O) groups is 1. The maximum absolute atomic E-state index is 12.4. The van der Waals surface area contributed by atoms with Crippen LogP contribution < -0.4 is 5.32 Å². The Bertz CT molecular complexity index is 340. The highest BCUT2D eigenvalue weighted by molar-refractivity contribution is 5.74. The maximum Gasteiger partial charge on any atom is 0.414 e. The van der Waals surface area contributed by atoms with Crippen LogP contribution in [-0.4, -0.2) is 48.0 Å². The van der Waals surface area contributed by atoms with E-state index in [1.165, 1.54) is 4.90 Å². The van der Waals surface area contributed by atoms with Gasteiger partial charge in [-0.05, 0) is 31.1 Å². The first-order chi connectivity index (χ1) is 10.2. The third-order valence-corrected chi connectivity index (χ3v) is 4.09. The summed E-state index contributed by atoms with van der Waals surface area (Å²) in [5, 5.41) is 12.0. The number of aliphatic hydroxyl groups excluding tert-OH is 1. The topological polar surface area (TPSA) is 52.6 Å². The zero-order valence-electron chi connectivity index (χ0n) is 13.3. The monoisotopic (exact) mass is 324 g/mol. The minimum atomic E-state index is -4.58. The summed E-state index contributed by atoms with van der Waals surface area (Å²) in [6, 6.07) is -0.218. The fraction of sp³-hybridized carbons (Fsp3) is 0.933. The standard InChI is InChI=1S/C15H27F3N2O2/c1-11(2)5-3-4-8-19-14(22)20-9-6-12(7-10-20)13(21)15(16,17)18/h11-13,21H,3-10H2,1-2H3,(H,19,22). The summed E-state index contributed by atoms with van der Waals surface area (Å²) in [6.45, 7) is 5.41. The Balaban J connectivity index is 2.22. The van der Waals surface area contributed by atoms with E-state index in [0.29, 0.717) is 12.5 Å². The highest BCUT2D eigenvalue weighted by Crippen LogP contribution is 2.31. The van der Waals surface area contributed by atoms with Gasteiger partial charge in [-0.15, -0.1) is 0 Å². The number of nitrogens with zero attached hydrogens (tertiary/aromatic N) is 1. The van der Waals surface area contributed by atoms with E-state index in [9.17, 15) is 23.1 Å². The molecule has 0 aromatic heterocycles. The van der Waals surface area contributed by atoms with Gasteiger partial charge in [0.05, 0.1) is 0 Å². The fourth-order valence-electron chi connectivity index (χ4n) is 2.67. The zero-order chi connectivity index (χ0) is 16.8. The molecule has 1 heterocycles. The third-order valence-electron chi connectivity index (χ3n) is 4.09. The van der Waals surface area contributed by atoms with Crippen LogP contribution in [0, 0.1) is 11.8 Å². The molecule has 0 bridgehead atoms. The molecule has 1 atom stereocenters. The minimum Gasteiger partial charge on any atom is -0.383 e. The van der Waals surface area contributed by atoms with Gasteiger partial charge in [-0.3, -0.25) is 0 Å². The highest BCUT2D eigenvalue weighted by atomic mass is 19.4. The molecular weight excluding hydrogens is 297 g/mol. The van der Waals surface area contributed by atoms with Crippen molar-refractivity contribution in [2.24, 2.45) is 11.8 Å². The van der Waals surface area contributed by atoms with Crippen molar-refractivity contribution in [1.29, 1.82) is 0 Å². The summed E-state index contributed by atoms with van der Waals surface area (Å²) in [6.07, 6.45) is -3.41. The van der Waals surface area contributed by atoms with Crippen LogP contribution in [0.25, 0.3) is 0 Å². The molecule has 1 aliphatic rings. The van der Waals surface area contributed by atoms with E-state index < -0.39 is 18.2 Å². The molecule has 0 saturated carbocycles. The van der Waals surface area contributed by atoms with Crippen LogP contribution in [0.15, 0.2) is 0 Å². The van der Waals surface area contributed by atoms with E-state index >= 15 is 0 Å². The number of carbonyl (C=O) groups excluding carboxylic acids is 1. The van der Waals surface area contributed by atoms with Crippen molar-refractivity contribution in [2.75, 3.05) is 19.6 Å². The number of rotatable bonds is 6. The summed E-state index contributed by atoms with van der Waals surface area (Å²) in [5.41, 5.74) is 0. The van der Waals surface area contributed by atoms with Gasteiger partial charge >= 0.3 is 12.2 Å².